The SMILES string of the molecule is CCC(O)COC(=O)c1ccccc1C(=O)OCC(O)CN1C(=O)N(C)C(=O)C(CC)(CC)C1=O. The number of nitrogens with zero attached hydrogens (tertiary/aromatic N) is 2. The summed E-state index contributed by atoms with van der Waals surface area (Å²) in [5.74, 6) is -3.04. The molecule has 0 radical (unpaired) electrons. The Kier molecular flexibility index (Phi) is 9.49. The van der Waals surface area contributed by atoms with Gasteiger partial charge in [-0.2, -0.15) is 0 Å². The largest absolute Gasteiger partial charge is 0.459 e. The summed E-state index contributed by atoms with van der Waals surface area (Å²) < 4.78 is 10.1. The first-order valence-corrected chi connectivity index (χ1v) is 11.5. The summed E-state index contributed by atoms with van der Waals surface area (Å²) in [6.45, 7) is 3.78. The fourth-order valence-electron chi connectivity index (χ4n) is 3.76. The van der Waals surface area contributed by atoms with Crippen LogP contribution in [0.2, 0.25) is 0 Å². The van der Waals surface area contributed by atoms with E-state index in [0.29, 0.717) is 6.42 Å². The van der Waals surface area contributed by atoms with Gasteiger partial charge in [0.25, 0.3) is 0 Å². The van der Waals surface area contributed by atoms with Crippen LogP contribution in [0.5, 0.6) is 0 Å². The van der Waals surface area contributed by atoms with Crippen molar-refractivity contribution in [3.8, 4) is 0 Å². The van der Waals surface area contributed by atoms with Gasteiger partial charge in [-0.25, -0.2) is 14.4 Å². The lowest BCUT2D eigenvalue weighted by atomic mass is 9.78. The highest BCUT2D eigenvalue weighted by Gasteiger charge is 2.54. The minimum Gasteiger partial charge on any atom is -0.459 e. The molecule has 1 aromatic rings. The van der Waals surface area contributed by atoms with Crippen LogP contribution in [0.4, 0.5) is 4.79 Å². The number of hydrogen-bond acceptors (Lipinski definition) is 9. The number of benzene rings is 1. The van der Waals surface area contributed by atoms with Crippen LogP contribution < -0.4 is 0 Å². The van der Waals surface area contributed by atoms with Gasteiger partial charge in [-0.05, 0) is 31.4 Å². The predicted molar refractivity (Wildman–Crippen MR) is 122 cm³/mol. The minimum absolute atomic E-state index is 0.0764. The van der Waals surface area contributed by atoms with Crippen molar-refractivity contribution >= 4 is 29.8 Å². The Bertz CT molecular complexity index is 973. The Morgan fingerprint density at radius 3 is 1.83 bits per heavy atom. The van der Waals surface area contributed by atoms with Crippen LogP contribution in [0, 0.1) is 5.41 Å². The quantitative estimate of drug-likeness (QED) is 0.345. The van der Waals surface area contributed by atoms with Gasteiger partial charge in [-0.1, -0.05) is 32.9 Å². The van der Waals surface area contributed by atoms with Gasteiger partial charge < -0.3 is 19.7 Å². The third-order valence-electron chi connectivity index (χ3n) is 6.14. The fourth-order valence-corrected chi connectivity index (χ4v) is 3.76. The highest BCUT2D eigenvalue weighted by Crippen LogP contribution is 2.35. The molecule has 4 amide bonds. The molecule has 0 saturated carbocycles. The number of esters is 2. The highest BCUT2D eigenvalue weighted by atomic mass is 16.5. The second-order valence-electron chi connectivity index (χ2n) is 8.31. The Hall–Kier alpha value is -3.31. The molecule has 192 valence electrons. The van der Waals surface area contributed by atoms with Crippen molar-refractivity contribution < 1.29 is 43.7 Å². The standard InChI is InChI=1S/C24H32N2O9/c1-5-15(27)13-34-19(29)17-10-8-9-11-18(17)20(30)35-14-16(28)12-26-22(32)24(6-2,7-3)21(31)25(4)23(26)33/h8-11,15-16,27-28H,5-7,12-14H2,1-4H3. The van der Waals surface area contributed by atoms with Crippen LogP contribution in [-0.4, -0.2) is 88.8 Å². The van der Waals surface area contributed by atoms with E-state index in [2.05, 4.69) is 0 Å². The van der Waals surface area contributed by atoms with E-state index in [0.717, 1.165) is 9.80 Å². The molecule has 0 bridgehead atoms. The molecule has 2 atom stereocenters. The lowest BCUT2D eigenvalue weighted by Gasteiger charge is -2.42. The van der Waals surface area contributed by atoms with Crippen molar-refractivity contribution in [1.29, 1.82) is 0 Å². The molecular weight excluding hydrogens is 460 g/mol. The molecule has 0 spiro atoms. The zero-order chi connectivity index (χ0) is 26.3. The van der Waals surface area contributed by atoms with E-state index >= 15 is 0 Å². The molecule has 2 rings (SSSR count). The summed E-state index contributed by atoms with van der Waals surface area (Å²) in [5, 5.41) is 20.0. The second kappa shape index (κ2) is 11.9. The van der Waals surface area contributed by atoms with Gasteiger partial charge in [0, 0.05) is 7.05 Å². The summed E-state index contributed by atoms with van der Waals surface area (Å²) in [6.07, 6.45) is -1.51. The van der Waals surface area contributed by atoms with Gasteiger partial charge in [0.15, 0.2) is 0 Å². The molecule has 11 heteroatoms. The van der Waals surface area contributed by atoms with Gasteiger partial charge in [0.2, 0.25) is 11.8 Å². The van der Waals surface area contributed by atoms with E-state index in [1.807, 2.05) is 0 Å². The van der Waals surface area contributed by atoms with Gasteiger partial charge in [0.1, 0.15) is 24.7 Å². The maximum atomic E-state index is 13.0. The van der Waals surface area contributed by atoms with Crippen LogP contribution in [-0.2, 0) is 19.1 Å². The maximum absolute atomic E-state index is 13.0. The molecule has 0 aromatic heterocycles. The number of urea groups is 1. The molecule has 1 aliphatic heterocycles. The van der Waals surface area contributed by atoms with Crippen LogP contribution in [0.3, 0.4) is 0 Å². The van der Waals surface area contributed by atoms with E-state index in [1.165, 1.54) is 31.3 Å². The zero-order valence-corrected chi connectivity index (χ0v) is 20.4. The number of barbiturate groups is 1. The number of hydrogen-bond donors (Lipinski definition) is 2. The highest BCUT2D eigenvalue weighted by molar-refractivity contribution is 6.18. The Balaban J connectivity index is 2.07. The van der Waals surface area contributed by atoms with Crippen molar-refractivity contribution in [2.45, 2.75) is 52.2 Å². The lowest BCUT2D eigenvalue weighted by molar-refractivity contribution is -0.159. The fraction of sp³-hybridized carbons (Fsp3) is 0.542. The smallest absolute Gasteiger partial charge is 0.339 e. The summed E-state index contributed by atoms with van der Waals surface area (Å²) in [5.41, 5.74) is -1.58. The summed E-state index contributed by atoms with van der Waals surface area (Å²) in [4.78, 5) is 64.7. The van der Waals surface area contributed by atoms with E-state index in [9.17, 15) is 34.2 Å². The number of aliphatic hydroxyl groups is 2. The maximum Gasteiger partial charge on any atom is 0.339 e. The molecule has 1 saturated heterocycles. The third-order valence-corrected chi connectivity index (χ3v) is 6.14. The van der Waals surface area contributed by atoms with Gasteiger partial charge in [0.05, 0.1) is 23.8 Å². The molecule has 1 heterocycles. The monoisotopic (exact) mass is 492 g/mol. The molecule has 11 nitrogen and oxygen atoms in total. The van der Waals surface area contributed by atoms with E-state index in [-0.39, 0.29) is 30.6 Å². The first-order valence-electron chi connectivity index (χ1n) is 11.5. The summed E-state index contributed by atoms with van der Waals surface area (Å²) in [6, 6.07) is 4.87. The second-order valence-corrected chi connectivity index (χ2v) is 8.31. The van der Waals surface area contributed by atoms with Crippen molar-refractivity contribution in [3.63, 3.8) is 0 Å². The van der Waals surface area contributed by atoms with Crippen LogP contribution in [0.1, 0.15) is 60.7 Å². The first-order chi connectivity index (χ1) is 16.5. The number of carbonyl (C=O) groups excluding carboxylic acids is 5. The molecule has 1 aromatic carbocycles. The average molecular weight is 493 g/mol. The topological polar surface area (TPSA) is 151 Å². The van der Waals surface area contributed by atoms with Crippen molar-refractivity contribution in [2.75, 3.05) is 26.8 Å². The number of imide groups is 2. The van der Waals surface area contributed by atoms with Gasteiger partial charge in [-0.3, -0.25) is 19.4 Å². The van der Waals surface area contributed by atoms with Crippen LogP contribution >= 0.6 is 0 Å². The van der Waals surface area contributed by atoms with Gasteiger partial charge >= 0.3 is 18.0 Å². The molecule has 35 heavy (non-hydrogen) atoms. The Morgan fingerprint density at radius 2 is 1.37 bits per heavy atom. The molecule has 2 N–H and O–H groups in total. The first kappa shape index (κ1) is 27.9. The average Bonchev–Trinajstić information content (AvgIpc) is 2.87. The number of carbonyl (C=O) groups is 5. The normalized spacial score (nSPS) is 17.3. The molecule has 1 aliphatic rings. The number of amides is 4. The number of β-amino-alcohol motifs (C(OH)–C–C–N with tert-alkyl or cyclic N) is 1. The van der Waals surface area contributed by atoms with Crippen molar-refractivity contribution in [3.05, 3.63) is 35.4 Å². The Labute approximate surface area is 203 Å². The van der Waals surface area contributed by atoms with E-state index in [4.69, 9.17) is 9.47 Å². The van der Waals surface area contributed by atoms with E-state index in [1.54, 1.807) is 20.8 Å². The molecular formula is C24H32N2O9. The Morgan fingerprint density at radius 1 is 0.886 bits per heavy atom. The van der Waals surface area contributed by atoms with Crippen LogP contribution in [0.15, 0.2) is 24.3 Å². The zero-order valence-electron chi connectivity index (χ0n) is 20.4. The third kappa shape index (κ3) is 5.85. The molecule has 2 unspecified atom stereocenters. The minimum atomic E-state index is -1.43. The molecule has 0 aliphatic carbocycles. The van der Waals surface area contributed by atoms with Crippen LogP contribution in [0.25, 0.3) is 0 Å². The summed E-state index contributed by atoms with van der Waals surface area (Å²) >= 11 is 0. The number of ether oxygens (including phenoxy) is 2. The van der Waals surface area contributed by atoms with Crippen molar-refractivity contribution in [2.24, 2.45) is 5.41 Å². The molecule has 1 fully saturated rings. The van der Waals surface area contributed by atoms with Gasteiger partial charge in [-0.15, -0.1) is 0 Å². The van der Waals surface area contributed by atoms with Crippen molar-refractivity contribution in [1.82, 2.24) is 9.80 Å². The van der Waals surface area contributed by atoms with E-state index < -0.39 is 60.6 Å². The lowest BCUT2D eigenvalue weighted by Crippen LogP contribution is -2.65. The predicted octanol–water partition coefficient (Wildman–Crippen LogP) is 1.36. The summed E-state index contributed by atoms with van der Waals surface area (Å²) in [7, 11) is 1.27. The number of aliphatic hydroxyl groups excluding tert-OH is 2. The number of rotatable bonds is 11.